The van der Waals surface area contributed by atoms with Gasteiger partial charge in [-0.3, -0.25) is 0 Å². The summed E-state index contributed by atoms with van der Waals surface area (Å²) in [5, 5.41) is 0. The fraction of sp³-hybridized carbons (Fsp3) is 0.364. The van der Waals surface area contributed by atoms with Gasteiger partial charge in [0, 0.05) is 18.4 Å². The molecule has 0 fully saturated rings. The highest BCUT2D eigenvalue weighted by molar-refractivity contribution is 5.41. The first kappa shape index (κ1) is 9.21. The number of hydrogen-bond donors (Lipinski definition) is 1. The Morgan fingerprint density at radius 3 is 2.86 bits per heavy atom. The highest BCUT2D eigenvalue weighted by atomic mass is 15.0. The second-order valence-electron chi connectivity index (χ2n) is 3.60. The third-order valence-corrected chi connectivity index (χ3v) is 2.41. The van der Waals surface area contributed by atoms with Gasteiger partial charge in [0.2, 0.25) is 0 Å². The molecule has 74 valence electrons. The molecule has 0 aliphatic heterocycles. The average Bonchev–Trinajstić information content (AvgIpc) is 2.58. The molecule has 3 heteroatoms. The van der Waals surface area contributed by atoms with E-state index in [4.69, 9.17) is 5.73 Å². The van der Waals surface area contributed by atoms with Crippen molar-refractivity contribution in [3.05, 3.63) is 35.8 Å². The summed E-state index contributed by atoms with van der Waals surface area (Å²) in [5.74, 6) is 0. The van der Waals surface area contributed by atoms with Crippen LogP contribution in [0.2, 0.25) is 0 Å². The van der Waals surface area contributed by atoms with Crippen LogP contribution < -0.4 is 5.73 Å². The predicted octanol–water partition coefficient (Wildman–Crippen LogP) is 1.92. The smallest absolute Gasteiger partial charge is 0.136 e. The first-order chi connectivity index (χ1) is 6.70. The summed E-state index contributed by atoms with van der Waals surface area (Å²) in [4.78, 5) is 4.45. The van der Waals surface area contributed by atoms with Crippen molar-refractivity contribution in [3.8, 4) is 0 Å². The maximum Gasteiger partial charge on any atom is 0.136 e. The van der Waals surface area contributed by atoms with Crippen LogP contribution >= 0.6 is 0 Å². The van der Waals surface area contributed by atoms with Crippen molar-refractivity contribution in [1.29, 1.82) is 0 Å². The molecule has 0 aromatic carbocycles. The molecule has 1 atom stereocenters. The minimum atomic E-state index is 0.0758. The molecule has 0 spiro atoms. The summed E-state index contributed by atoms with van der Waals surface area (Å²) in [6.07, 6.45) is 5.07. The lowest BCUT2D eigenvalue weighted by Crippen LogP contribution is -2.05. The van der Waals surface area contributed by atoms with Crippen LogP contribution in [0.3, 0.4) is 0 Å². The van der Waals surface area contributed by atoms with E-state index >= 15 is 0 Å². The first-order valence-electron chi connectivity index (χ1n) is 4.94. The maximum atomic E-state index is 5.81. The van der Waals surface area contributed by atoms with Crippen LogP contribution in [0.4, 0.5) is 0 Å². The number of hydrogen-bond acceptors (Lipinski definition) is 2. The Bertz CT molecular complexity index is 443. The Labute approximate surface area is 83.6 Å². The van der Waals surface area contributed by atoms with E-state index in [2.05, 4.69) is 18.1 Å². The van der Waals surface area contributed by atoms with Crippen LogP contribution in [-0.2, 0) is 6.42 Å². The quantitative estimate of drug-likeness (QED) is 0.784. The topological polar surface area (TPSA) is 43.3 Å². The number of pyridine rings is 1. The Hall–Kier alpha value is -1.35. The van der Waals surface area contributed by atoms with Gasteiger partial charge in [0.15, 0.2) is 0 Å². The van der Waals surface area contributed by atoms with Crippen LogP contribution in [-0.4, -0.2) is 9.38 Å². The molecule has 0 aliphatic rings. The summed E-state index contributed by atoms with van der Waals surface area (Å²) in [6.45, 7) is 4.09. The van der Waals surface area contributed by atoms with Crippen molar-refractivity contribution in [2.45, 2.75) is 26.3 Å². The lowest BCUT2D eigenvalue weighted by atomic mass is 10.2. The van der Waals surface area contributed by atoms with E-state index in [1.165, 1.54) is 0 Å². The van der Waals surface area contributed by atoms with Gasteiger partial charge in [-0.2, -0.15) is 0 Å². The third kappa shape index (κ3) is 1.51. The summed E-state index contributed by atoms with van der Waals surface area (Å²) >= 11 is 0. The molecule has 2 N–H and O–H groups in total. The lowest BCUT2D eigenvalue weighted by molar-refractivity contribution is 0.808. The molecule has 0 radical (unpaired) electrons. The Morgan fingerprint density at radius 2 is 2.21 bits per heavy atom. The zero-order valence-corrected chi connectivity index (χ0v) is 8.57. The van der Waals surface area contributed by atoms with Crippen molar-refractivity contribution in [2.75, 3.05) is 0 Å². The van der Waals surface area contributed by atoms with Gasteiger partial charge in [0.25, 0.3) is 0 Å². The minimum absolute atomic E-state index is 0.0758. The molecule has 1 unspecified atom stereocenters. The molecule has 0 bridgehead atoms. The predicted molar refractivity (Wildman–Crippen MR) is 57.2 cm³/mol. The molecular formula is C11H15N3. The second-order valence-corrected chi connectivity index (χ2v) is 3.60. The molecule has 2 aromatic rings. The molecule has 2 aromatic heterocycles. The molecule has 0 aliphatic carbocycles. The molecule has 14 heavy (non-hydrogen) atoms. The molecule has 3 nitrogen and oxygen atoms in total. The normalized spacial score (nSPS) is 13.4. The monoisotopic (exact) mass is 189 g/mol. The van der Waals surface area contributed by atoms with Crippen LogP contribution in [0.1, 0.15) is 31.1 Å². The summed E-state index contributed by atoms with van der Waals surface area (Å²) in [5.41, 5.74) is 9.06. The average molecular weight is 189 g/mol. The van der Waals surface area contributed by atoms with Gasteiger partial charge < -0.3 is 10.1 Å². The van der Waals surface area contributed by atoms with Crippen molar-refractivity contribution in [1.82, 2.24) is 9.38 Å². The number of aryl methyl sites for hydroxylation is 1. The number of rotatable bonds is 2. The van der Waals surface area contributed by atoms with Gasteiger partial charge in [-0.05, 0) is 25.0 Å². The number of fused-ring (bicyclic) bond motifs is 1. The Morgan fingerprint density at radius 1 is 1.43 bits per heavy atom. The lowest BCUT2D eigenvalue weighted by Gasteiger charge is -2.04. The van der Waals surface area contributed by atoms with E-state index in [1.54, 1.807) is 0 Å². The number of nitrogens with zero attached hydrogens (tertiary/aromatic N) is 2. The zero-order chi connectivity index (χ0) is 10.1. The highest BCUT2D eigenvalue weighted by Gasteiger charge is 2.03. The van der Waals surface area contributed by atoms with Crippen LogP contribution in [0.15, 0.2) is 24.5 Å². The molecular weight excluding hydrogens is 174 g/mol. The van der Waals surface area contributed by atoms with E-state index in [1.807, 2.05) is 29.7 Å². The number of aromatic nitrogens is 2. The van der Waals surface area contributed by atoms with E-state index in [-0.39, 0.29) is 6.04 Å². The van der Waals surface area contributed by atoms with Crippen molar-refractivity contribution >= 4 is 5.65 Å². The molecule has 2 heterocycles. The number of nitrogens with two attached hydrogens (primary N) is 1. The Kier molecular flexibility index (Phi) is 2.25. The fourth-order valence-electron chi connectivity index (χ4n) is 1.50. The van der Waals surface area contributed by atoms with Crippen LogP contribution in [0.25, 0.3) is 5.65 Å². The number of imidazole rings is 1. The SMILES string of the molecule is CCc1cn2cc(C(C)N)ccc2n1. The van der Waals surface area contributed by atoms with Crippen molar-refractivity contribution in [3.63, 3.8) is 0 Å². The summed E-state index contributed by atoms with van der Waals surface area (Å²) in [6, 6.07) is 4.12. The molecule has 2 rings (SSSR count). The van der Waals surface area contributed by atoms with E-state index in [0.717, 1.165) is 23.3 Å². The fourth-order valence-corrected chi connectivity index (χ4v) is 1.50. The molecule has 0 amide bonds. The van der Waals surface area contributed by atoms with Gasteiger partial charge in [0.05, 0.1) is 5.69 Å². The van der Waals surface area contributed by atoms with Gasteiger partial charge in [-0.15, -0.1) is 0 Å². The molecule has 0 saturated carbocycles. The third-order valence-electron chi connectivity index (χ3n) is 2.41. The molecule has 0 saturated heterocycles. The largest absolute Gasteiger partial charge is 0.324 e. The van der Waals surface area contributed by atoms with Crippen LogP contribution in [0, 0.1) is 0 Å². The maximum absolute atomic E-state index is 5.81. The van der Waals surface area contributed by atoms with Gasteiger partial charge in [0.1, 0.15) is 5.65 Å². The van der Waals surface area contributed by atoms with Crippen LogP contribution in [0.5, 0.6) is 0 Å². The standard InChI is InChI=1S/C11H15N3/c1-3-10-7-14-6-9(8(2)12)4-5-11(14)13-10/h4-8H,3,12H2,1-2H3. The van der Waals surface area contributed by atoms with E-state index in [9.17, 15) is 0 Å². The van der Waals surface area contributed by atoms with E-state index in [0.29, 0.717) is 0 Å². The summed E-state index contributed by atoms with van der Waals surface area (Å²) < 4.78 is 2.04. The van der Waals surface area contributed by atoms with E-state index < -0.39 is 0 Å². The second kappa shape index (κ2) is 3.42. The van der Waals surface area contributed by atoms with Crippen molar-refractivity contribution in [2.24, 2.45) is 5.73 Å². The van der Waals surface area contributed by atoms with Gasteiger partial charge in [-0.25, -0.2) is 4.98 Å². The van der Waals surface area contributed by atoms with Crippen molar-refractivity contribution < 1.29 is 0 Å². The Balaban J connectivity index is 2.54. The van der Waals surface area contributed by atoms with Gasteiger partial charge in [-0.1, -0.05) is 13.0 Å². The first-order valence-corrected chi connectivity index (χ1v) is 4.94. The van der Waals surface area contributed by atoms with Gasteiger partial charge >= 0.3 is 0 Å². The minimum Gasteiger partial charge on any atom is -0.324 e. The highest BCUT2D eigenvalue weighted by Crippen LogP contribution is 2.12. The summed E-state index contributed by atoms with van der Waals surface area (Å²) in [7, 11) is 0. The zero-order valence-electron chi connectivity index (χ0n) is 8.57.